The molecule has 0 spiro atoms. The third-order valence-electron chi connectivity index (χ3n) is 3.63. The minimum Gasteiger partial charge on any atom is -0.326 e. The largest absolute Gasteiger partial charge is 0.326 e. The fourth-order valence-corrected chi connectivity index (χ4v) is 3.39. The third kappa shape index (κ3) is 3.63. The van der Waals surface area contributed by atoms with Crippen LogP contribution in [0.2, 0.25) is 5.02 Å². The van der Waals surface area contributed by atoms with Crippen LogP contribution in [0.5, 0.6) is 0 Å². The van der Waals surface area contributed by atoms with Gasteiger partial charge >= 0.3 is 4.87 Å². The fraction of sp³-hybridized carbons (Fsp3) is 0.176. The molecule has 3 aromatic rings. The van der Waals surface area contributed by atoms with Crippen LogP contribution in [-0.4, -0.2) is 10.5 Å². The second-order valence-corrected chi connectivity index (χ2v) is 6.71. The summed E-state index contributed by atoms with van der Waals surface area (Å²) < 4.78 is 2.47. The van der Waals surface area contributed by atoms with Crippen molar-refractivity contribution in [2.24, 2.45) is 7.05 Å². The monoisotopic (exact) mass is 346 g/mol. The molecule has 118 valence electrons. The van der Waals surface area contributed by atoms with Crippen LogP contribution < -0.4 is 10.2 Å². The number of anilines is 1. The molecule has 0 radical (unpaired) electrons. The Hall–Kier alpha value is -2.11. The van der Waals surface area contributed by atoms with Crippen LogP contribution in [0.4, 0.5) is 5.69 Å². The average molecular weight is 347 g/mol. The highest BCUT2D eigenvalue weighted by Crippen LogP contribution is 2.21. The van der Waals surface area contributed by atoms with Gasteiger partial charge in [-0.1, -0.05) is 35.1 Å². The molecule has 3 rings (SSSR count). The Labute approximate surface area is 142 Å². The topological polar surface area (TPSA) is 51.1 Å². The molecule has 0 aliphatic rings. The summed E-state index contributed by atoms with van der Waals surface area (Å²) in [5, 5.41) is 3.56. The van der Waals surface area contributed by atoms with Gasteiger partial charge in [-0.25, -0.2) is 0 Å². The molecule has 0 fully saturated rings. The summed E-state index contributed by atoms with van der Waals surface area (Å²) in [4.78, 5) is 23.7. The van der Waals surface area contributed by atoms with Crippen LogP contribution in [0, 0.1) is 0 Å². The maximum absolute atomic E-state index is 12.1. The highest BCUT2D eigenvalue weighted by molar-refractivity contribution is 7.16. The van der Waals surface area contributed by atoms with E-state index in [0.29, 0.717) is 23.6 Å². The summed E-state index contributed by atoms with van der Waals surface area (Å²) in [5.74, 6) is -0.0532. The summed E-state index contributed by atoms with van der Waals surface area (Å²) in [7, 11) is 1.74. The molecule has 0 bridgehead atoms. The molecule has 0 aliphatic heterocycles. The van der Waals surface area contributed by atoms with E-state index in [-0.39, 0.29) is 10.8 Å². The molecule has 4 nitrogen and oxygen atoms in total. The molecule has 0 aliphatic carbocycles. The van der Waals surface area contributed by atoms with Crippen molar-refractivity contribution >= 4 is 44.7 Å². The standard InChI is InChI=1S/C17H15ClN2O2S/c1-20-14-8-7-13(10-15(14)23-17(20)22)19-16(21)9-4-11-2-5-12(18)6-3-11/h2-3,5-8,10H,4,9H2,1H3,(H,19,21). The number of hydrogen-bond donors (Lipinski definition) is 1. The number of nitrogens with zero attached hydrogens (tertiary/aromatic N) is 1. The Kier molecular flexibility index (Phi) is 4.50. The Morgan fingerprint density at radius 3 is 2.70 bits per heavy atom. The van der Waals surface area contributed by atoms with Crippen molar-refractivity contribution in [2.45, 2.75) is 12.8 Å². The molecule has 0 saturated heterocycles. The van der Waals surface area contributed by atoms with Crippen LogP contribution in [0.15, 0.2) is 47.3 Å². The molecule has 1 N–H and O–H groups in total. The predicted molar refractivity (Wildman–Crippen MR) is 95.5 cm³/mol. The molecule has 23 heavy (non-hydrogen) atoms. The first kappa shape index (κ1) is 15.8. The predicted octanol–water partition coefficient (Wildman–Crippen LogP) is 3.82. The van der Waals surface area contributed by atoms with Crippen molar-refractivity contribution < 1.29 is 4.79 Å². The fourth-order valence-electron chi connectivity index (χ4n) is 2.34. The van der Waals surface area contributed by atoms with E-state index in [0.717, 1.165) is 15.8 Å². The van der Waals surface area contributed by atoms with E-state index < -0.39 is 0 Å². The lowest BCUT2D eigenvalue weighted by Crippen LogP contribution is -2.12. The van der Waals surface area contributed by atoms with E-state index in [2.05, 4.69) is 5.32 Å². The number of benzene rings is 2. The molecule has 1 aromatic heterocycles. The summed E-state index contributed by atoms with van der Waals surface area (Å²) in [6.07, 6.45) is 1.05. The minimum absolute atomic E-state index is 0.00813. The van der Waals surface area contributed by atoms with Crippen molar-refractivity contribution in [3.8, 4) is 0 Å². The summed E-state index contributed by atoms with van der Waals surface area (Å²) in [6, 6.07) is 13.0. The molecular formula is C17H15ClN2O2S. The SMILES string of the molecule is Cn1c(=O)sc2cc(NC(=O)CCc3ccc(Cl)cc3)ccc21. The molecule has 0 unspecified atom stereocenters. The smallest absolute Gasteiger partial charge is 0.307 e. The molecule has 0 atom stereocenters. The number of nitrogens with one attached hydrogen (secondary N) is 1. The van der Waals surface area contributed by atoms with Crippen LogP contribution in [0.25, 0.3) is 10.2 Å². The number of fused-ring (bicyclic) bond motifs is 1. The number of halogens is 1. The molecule has 6 heteroatoms. The summed E-state index contributed by atoms with van der Waals surface area (Å²) in [5.41, 5.74) is 2.65. The number of carbonyl (C=O) groups is 1. The van der Waals surface area contributed by atoms with E-state index >= 15 is 0 Å². The number of carbonyl (C=O) groups excluding carboxylic acids is 1. The van der Waals surface area contributed by atoms with Crippen molar-refractivity contribution in [3.63, 3.8) is 0 Å². The summed E-state index contributed by atoms with van der Waals surface area (Å²) in [6.45, 7) is 0. The number of rotatable bonds is 4. The second kappa shape index (κ2) is 6.56. The quantitative estimate of drug-likeness (QED) is 0.780. The Morgan fingerprint density at radius 2 is 1.96 bits per heavy atom. The van der Waals surface area contributed by atoms with E-state index in [4.69, 9.17) is 11.6 Å². The minimum atomic E-state index is -0.0532. The highest BCUT2D eigenvalue weighted by atomic mass is 35.5. The van der Waals surface area contributed by atoms with Crippen LogP contribution >= 0.6 is 22.9 Å². The first-order valence-corrected chi connectivity index (χ1v) is 8.36. The van der Waals surface area contributed by atoms with Gasteiger partial charge in [0.25, 0.3) is 0 Å². The van der Waals surface area contributed by atoms with Gasteiger partial charge in [-0.15, -0.1) is 0 Å². The van der Waals surface area contributed by atoms with Gasteiger partial charge < -0.3 is 9.88 Å². The maximum atomic E-state index is 12.1. The Morgan fingerprint density at radius 1 is 1.22 bits per heavy atom. The van der Waals surface area contributed by atoms with Gasteiger partial charge in [0.05, 0.1) is 10.2 Å². The van der Waals surface area contributed by atoms with Gasteiger partial charge in [0.2, 0.25) is 5.91 Å². The van der Waals surface area contributed by atoms with Gasteiger partial charge in [-0.05, 0) is 42.3 Å². The van der Waals surface area contributed by atoms with E-state index in [1.54, 1.807) is 11.6 Å². The number of thiazole rings is 1. The Bertz CT molecular complexity index is 912. The maximum Gasteiger partial charge on any atom is 0.307 e. The lowest BCUT2D eigenvalue weighted by Gasteiger charge is -2.06. The number of amides is 1. The number of hydrogen-bond acceptors (Lipinski definition) is 3. The van der Waals surface area contributed by atoms with Gasteiger partial charge in [0, 0.05) is 24.2 Å². The lowest BCUT2D eigenvalue weighted by atomic mass is 10.1. The van der Waals surface area contributed by atoms with Crippen LogP contribution in [0.3, 0.4) is 0 Å². The van der Waals surface area contributed by atoms with Gasteiger partial charge in [0.15, 0.2) is 0 Å². The van der Waals surface area contributed by atoms with E-state index in [1.807, 2.05) is 42.5 Å². The molecular weight excluding hydrogens is 332 g/mol. The number of aromatic nitrogens is 1. The second-order valence-electron chi connectivity index (χ2n) is 5.28. The van der Waals surface area contributed by atoms with Crippen molar-refractivity contribution in [1.82, 2.24) is 4.57 Å². The highest BCUT2D eigenvalue weighted by Gasteiger charge is 2.07. The molecule has 1 heterocycles. The molecule has 0 saturated carbocycles. The van der Waals surface area contributed by atoms with E-state index in [1.165, 1.54) is 11.3 Å². The van der Waals surface area contributed by atoms with Crippen LogP contribution in [0.1, 0.15) is 12.0 Å². The average Bonchev–Trinajstić information content (AvgIpc) is 2.81. The van der Waals surface area contributed by atoms with Gasteiger partial charge in [0.1, 0.15) is 0 Å². The van der Waals surface area contributed by atoms with Crippen molar-refractivity contribution in [1.29, 1.82) is 0 Å². The number of aryl methyl sites for hydroxylation is 2. The zero-order chi connectivity index (χ0) is 16.4. The zero-order valence-electron chi connectivity index (χ0n) is 12.5. The van der Waals surface area contributed by atoms with Crippen LogP contribution in [-0.2, 0) is 18.3 Å². The summed E-state index contributed by atoms with van der Waals surface area (Å²) >= 11 is 7.02. The first-order chi connectivity index (χ1) is 11.0. The van der Waals surface area contributed by atoms with Crippen molar-refractivity contribution in [2.75, 3.05) is 5.32 Å². The first-order valence-electron chi connectivity index (χ1n) is 7.17. The van der Waals surface area contributed by atoms with Crippen molar-refractivity contribution in [3.05, 3.63) is 62.7 Å². The lowest BCUT2D eigenvalue weighted by molar-refractivity contribution is -0.116. The van der Waals surface area contributed by atoms with E-state index in [9.17, 15) is 9.59 Å². The third-order valence-corrected chi connectivity index (χ3v) is 4.88. The van der Waals surface area contributed by atoms with Gasteiger partial charge in [-0.3, -0.25) is 9.59 Å². The molecule has 1 amide bonds. The zero-order valence-corrected chi connectivity index (χ0v) is 14.1. The Balaban J connectivity index is 1.65. The molecule has 2 aromatic carbocycles. The van der Waals surface area contributed by atoms with Gasteiger partial charge in [-0.2, -0.15) is 0 Å². The normalized spacial score (nSPS) is 10.9.